The Kier molecular flexibility index (Phi) is 14.5. The van der Waals surface area contributed by atoms with Crippen molar-refractivity contribution >= 4 is 52.2 Å². The molecule has 5 amide bonds. The molecule has 4 rings (SSSR count). The predicted molar refractivity (Wildman–Crippen MR) is 205 cm³/mol. The number of amides is 5. The molecule has 288 valence electrons. The minimum atomic E-state index is -1.21. The summed E-state index contributed by atoms with van der Waals surface area (Å²) in [7, 11) is 0. The van der Waals surface area contributed by atoms with Crippen molar-refractivity contribution in [2.45, 2.75) is 75.7 Å². The summed E-state index contributed by atoms with van der Waals surface area (Å²) in [6.45, 7) is 1.77. The SMILES string of the molecule is C[C@@H]1NC(=O)[C@@H](Cc2ccc(O)cc2)NC(=O)[C@H](CCCN=C(N)N)NC(=O)[C@H](CCCN=C(N)N)NC(=O)[C@H](Cc2ccc3ccccc3c2)NC1=O. The lowest BCUT2D eigenvalue weighted by molar-refractivity contribution is -0.134. The van der Waals surface area contributed by atoms with E-state index in [4.69, 9.17) is 22.9 Å². The minimum Gasteiger partial charge on any atom is -0.508 e. The van der Waals surface area contributed by atoms with E-state index in [2.05, 4.69) is 36.6 Å². The van der Waals surface area contributed by atoms with E-state index in [1.54, 1.807) is 12.1 Å². The topological polar surface area (TPSA) is 295 Å². The molecule has 1 saturated heterocycles. The lowest BCUT2D eigenvalue weighted by Gasteiger charge is -2.26. The van der Waals surface area contributed by atoms with Crippen LogP contribution in [0.3, 0.4) is 0 Å². The van der Waals surface area contributed by atoms with Crippen molar-refractivity contribution in [2.24, 2.45) is 32.9 Å². The number of rotatable bonds is 12. The Labute approximate surface area is 312 Å². The zero-order valence-electron chi connectivity index (χ0n) is 30.1. The Hall–Kier alpha value is -6.39. The number of benzene rings is 3. The number of phenolic OH excluding ortho intramolecular Hbond substituents is 1. The Morgan fingerprint density at radius 3 is 1.57 bits per heavy atom. The lowest BCUT2D eigenvalue weighted by Crippen LogP contribution is -2.58. The fourth-order valence-corrected chi connectivity index (χ4v) is 5.93. The van der Waals surface area contributed by atoms with Crippen LogP contribution >= 0.6 is 0 Å². The van der Waals surface area contributed by atoms with Crippen LogP contribution in [0.5, 0.6) is 5.75 Å². The molecule has 3 aromatic carbocycles. The number of phenols is 1. The minimum absolute atomic E-state index is 0.0115. The van der Waals surface area contributed by atoms with Crippen molar-refractivity contribution in [3.63, 3.8) is 0 Å². The maximum Gasteiger partial charge on any atom is 0.243 e. The zero-order valence-corrected chi connectivity index (χ0v) is 30.1. The first kappa shape index (κ1) is 40.4. The first-order chi connectivity index (χ1) is 25.8. The van der Waals surface area contributed by atoms with Crippen molar-refractivity contribution in [3.05, 3.63) is 77.9 Å². The molecule has 0 spiro atoms. The van der Waals surface area contributed by atoms with Gasteiger partial charge in [0.2, 0.25) is 29.5 Å². The molecule has 1 fully saturated rings. The molecule has 14 N–H and O–H groups in total. The van der Waals surface area contributed by atoms with Crippen molar-refractivity contribution in [1.29, 1.82) is 0 Å². The third-order valence-electron chi connectivity index (χ3n) is 8.80. The van der Waals surface area contributed by atoms with Crippen LogP contribution in [-0.4, -0.2) is 89.9 Å². The summed E-state index contributed by atoms with van der Waals surface area (Å²) in [6, 6.07) is 13.6. The van der Waals surface area contributed by atoms with E-state index in [0.717, 1.165) is 16.3 Å². The summed E-state index contributed by atoms with van der Waals surface area (Å²) in [5.74, 6) is -3.67. The molecular weight excluding hydrogens is 694 g/mol. The van der Waals surface area contributed by atoms with Crippen molar-refractivity contribution in [2.75, 3.05) is 13.1 Å². The first-order valence-corrected chi connectivity index (χ1v) is 17.7. The molecule has 0 unspecified atom stereocenters. The number of hydrogen-bond acceptors (Lipinski definition) is 8. The van der Waals surface area contributed by atoms with Gasteiger partial charge in [-0.05, 0) is 66.6 Å². The predicted octanol–water partition coefficient (Wildman–Crippen LogP) is -1.10. The number of carbonyl (C=O) groups is 5. The van der Waals surface area contributed by atoms with Crippen LogP contribution in [0.25, 0.3) is 10.8 Å². The molecule has 0 radical (unpaired) electrons. The van der Waals surface area contributed by atoms with Gasteiger partial charge in [-0.3, -0.25) is 34.0 Å². The van der Waals surface area contributed by atoms with Crippen molar-refractivity contribution in [3.8, 4) is 5.75 Å². The lowest BCUT2D eigenvalue weighted by atomic mass is 10.00. The van der Waals surface area contributed by atoms with Gasteiger partial charge in [0.1, 0.15) is 36.0 Å². The van der Waals surface area contributed by atoms with Gasteiger partial charge in [0.15, 0.2) is 11.9 Å². The summed E-state index contributed by atoms with van der Waals surface area (Å²) >= 11 is 0. The van der Waals surface area contributed by atoms with Gasteiger partial charge in [0.25, 0.3) is 0 Å². The van der Waals surface area contributed by atoms with E-state index in [1.165, 1.54) is 19.1 Å². The van der Waals surface area contributed by atoms with E-state index in [0.29, 0.717) is 5.56 Å². The van der Waals surface area contributed by atoms with Crippen LogP contribution < -0.4 is 49.5 Å². The van der Waals surface area contributed by atoms with Gasteiger partial charge in [-0.25, -0.2) is 0 Å². The molecule has 0 aliphatic carbocycles. The third-order valence-corrected chi connectivity index (χ3v) is 8.80. The molecule has 5 atom stereocenters. The molecule has 54 heavy (non-hydrogen) atoms. The summed E-state index contributed by atoms with van der Waals surface area (Å²) in [5.41, 5.74) is 23.2. The van der Waals surface area contributed by atoms with Gasteiger partial charge in [0.05, 0.1) is 0 Å². The highest BCUT2D eigenvalue weighted by molar-refractivity contribution is 5.98. The quantitative estimate of drug-likeness (QED) is 0.0607. The Balaban J connectivity index is 1.71. The molecule has 0 saturated carbocycles. The second-order valence-corrected chi connectivity index (χ2v) is 13.1. The number of fused-ring (bicyclic) bond motifs is 1. The average molecular weight is 744 g/mol. The maximum absolute atomic E-state index is 14.0. The second kappa shape index (κ2) is 19.4. The Bertz CT molecular complexity index is 1860. The van der Waals surface area contributed by atoms with Crippen LogP contribution in [0, 0.1) is 0 Å². The molecule has 17 heteroatoms. The molecule has 1 aliphatic rings. The third kappa shape index (κ3) is 12.4. The highest BCUT2D eigenvalue weighted by atomic mass is 16.3. The molecule has 1 heterocycles. The monoisotopic (exact) mass is 743 g/mol. The summed E-state index contributed by atoms with van der Waals surface area (Å²) in [4.78, 5) is 77.2. The molecular formula is C37H49N11O6. The average Bonchev–Trinajstić information content (AvgIpc) is 3.13. The van der Waals surface area contributed by atoms with Gasteiger partial charge in [-0.2, -0.15) is 0 Å². The molecule has 1 aliphatic heterocycles. The fraction of sp³-hybridized carbons (Fsp3) is 0.378. The number of nitrogens with one attached hydrogen (secondary N) is 5. The fourth-order valence-electron chi connectivity index (χ4n) is 5.93. The summed E-state index contributed by atoms with van der Waals surface area (Å²) < 4.78 is 0. The highest BCUT2D eigenvalue weighted by Gasteiger charge is 2.33. The number of hydrogen-bond donors (Lipinski definition) is 10. The first-order valence-electron chi connectivity index (χ1n) is 17.7. The van der Waals surface area contributed by atoms with Crippen LogP contribution in [0.15, 0.2) is 76.7 Å². The van der Waals surface area contributed by atoms with Gasteiger partial charge >= 0.3 is 0 Å². The zero-order chi connectivity index (χ0) is 39.2. The van der Waals surface area contributed by atoms with Crippen LogP contribution in [0.1, 0.15) is 43.7 Å². The number of aromatic hydroxyl groups is 1. The largest absolute Gasteiger partial charge is 0.508 e. The standard InChI is InChI=1S/C37H49N11O6/c1-21-31(50)47-30(20-23-10-13-24-6-2-3-7-25(24)18-23)35(54)46-27(8-4-16-42-36(38)39)32(51)45-28(9-5-17-43-37(40)41)33(52)48-29(34(53)44-21)19-22-11-14-26(49)15-12-22/h2-3,6-7,10-15,18,21,27-30,49H,4-5,8-9,16-17,19-20H2,1H3,(H,44,53)(H,45,51)(H,46,54)(H,47,50)(H,48,52)(H4,38,39,42)(H4,40,41,43)/t21-,27-,28-,29+,30-/m0/s1. The van der Waals surface area contributed by atoms with Crippen LogP contribution in [-0.2, 0) is 36.8 Å². The van der Waals surface area contributed by atoms with E-state index in [-0.39, 0.29) is 69.3 Å². The van der Waals surface area contributed by atoms with Crippen LogP contribution in [0.4, 0.5) is 0 Å². The van der Waals surface area contributed by atoms with Gasteiger partial charge < -0.3 is 54.6 Å². The van der Waals surface area contributed by atoms with Gasteiger partial charge in [-0.1, -0.05) is 54.6 Å². The maximum atomic E-state index is 14.0. The Morgan fingerprint density at radius 2 is 1.02 bits per heavy atom. The van der Waals surface area contributed by atoms with E-state index in [1.807, 2.05) is 42.5 Å². The molecule has 0 bridgehead atoms. The second-order valence-electron chi connectivity index (χ2n) is 13.1. The van der Waals surface area contributed by atoms with E-state index in [9.17, 15) is 29.1 Å². The van der Waals surface area contributed by atoms with E-state index < -0.39 is 59.7 Å². The van der Waals surface area contributed by atoms with Crippen molar-refractivity contribution < 1.29 is 29.1 Å². The number of nitrogens with zero attached hydrogens (tertiary/aromatic N) is 2. The molecule has 17 nitrogen and oxygen atoms in total. The molecule has 3 aromatic rings. The summed E-state index contributed by atoms with van der Waals surface area (Å²) in [6.07, 6.45) is 0.742. The van der Waals surface area contributed by atoms with Gasteiger partial charge in [0, 0.05) is 25.9 Å². The smallest absolute Gasteiger partial charge is 0.243 e. The molecule has 0 aromatic heterocycles. The number of nitrogens with two attached hydrogens (primary N) is 4. The van der Waals surface area contributed by atoms with Crippen molar-refractivity contribution in [1.82, 2.24) is 26.6 Å². The van der Waals surface area contributed by atoms with E-state index >= 15 is 0 Å². The van der Waals surface area contributed by atoms with Crippen LogP contribution in [0.2, 0.25) is 0 Å². The Morgan fingerprint density at radius 1 is 0.574 bits per heavy atom. The normalized spacial score (nSPS) is 21.3. The summed E-state index contributed by atoms with van der Waals surface area (Å²) in [5, 5.41) is 25.3. The number of carbonyl (C=O) groups excluding carboxylic acids is 5. The van der Waals surface area contributed by atoms with Gasteiger partial charge in [-0.15, -0.1) is 0 Å². The number of guanidine groups is 2. The highest BCUT2D eigenvalue weighted by Crippen LogP contribution is 2.18. The number of aliphatic imine (C=N–C) groups is 2.